The molecule has 0 heterocycles. The van der Waals surface area contributed by atoms with Crippen molar-refractivity contribution >= 4 is 0 Å². The standard InChI is InChI=1S/C14H18/c1-10-5-8-13-11-3-2-4-12(7-6-11)14(13)9-10/h5,8-9,11-12H,2-4,6-7H2,1H3. The van der Waals surface area contributed by atoms with Crippen LogP contribution in [0.3, 0.4) is 0 Å². The van der Waals surface area contributed by atoms with Crippen molar-refractivity contribution in [3.63, 3.8) is 0 Å². The van der Waals surface area contributed by atoms with Gasteiger partial charge in [0.2, 0.25) is 0 Å². The van der Waals surface area contributed by atoms with E-state index in [1.54, 1.807) is 11.1 Å². The van der Waals surface area contributed by atoms with Gasteiger partial charge in [-0.2, -0.15) is 0 Å². The Bertz CT molecular complexity index is 347. The van der Waals surface area contributed by atoms with Crippen molar-refractivity contribution < 1.29 is 0 Å². The monoisotopic (exact) mass is 186 g/mol. The van der Waals surface area contributed by atoms with Gasteiger partial charge in [0.05, 0.1) is 0 Å². The normalized spacial score (nSPS) is 29.8. The minimum absolute atomic E-state index is 0.892. The Labute approximate surface area is 86.3 Å². The molecule has 0 aromatic heterocycles. The van der Waals surface area contributed by atoms with Crippen LogP contribution < -0.4 is 0 Å². The van der Waals surface area contributed by atoms with Crippen molar-refractivity contribution in [2.75, 3.05) is 0 Å². The Morgan fingerprint density at radius 3 is 2.43 bits per heavy atom. The first-order valence-electron chi connectivity index (χ1n) is 5.95. The molecule has 0 nitrogen and oxygen atoms in total. The van der Waals surface area contributed by atoms with Crippen LogP contribution in [0, 0.1) is 6.92 Å². The number of benzene rings is 1. The van der Waals surface area contributed by atoms with Crippen molar-refractivity contribution in [3.05, 3.63) is 34.9 Å². The maximum atomic E-state index is 2.44. The first-order chi connectivity index (χ1) is 6.84. The molecule has 3 aliphatic rings. The summed E-state index contributed by atoms with van der Waals surface area (Å²) >= 11 is 0. The molecule has 2 unspecified atom stereocenters. The van der Waals surface area contributed by atoms with Gasteiger partial charge in [0.15, 0.2) is 0 Å². The van der Waals surface area contributed by atoms with Gasteiger partial charge in [-0.05, 0) is 55.6 Å². The van der Waals surface area contributed by atoms with Crippen LogP contribution in [0.25, 0.3) is 0 Å². The van der Waals surface area contributed by atoms with E-state index in [4.69, 9.17) is 0 Å². The first kappa shape index (κ1) is 8.52. The summed E-state index contributed by atoms with van der Waals surface area (Å²) in [4.78, 5) is 0. The molecule has 0 N–H and O–H groups in total. The quantitative estimate of drug-likeness (QED) is 0.571. The topological polar surface area (TPSA) is 0 Å². The van der Waals surface area contributed by atoms with E-state index in [9.17, 15) is 0 Å². The van der Waals surface area contributed by atoms with Crippen LogP contribution in [-0.4, -0.2) is 0 Å². The summed E-state index contributed by atoms with van der Waals surface area (Å²) in [6, 6.07) is 7.13. The summed E-state index contributed by atoms with van der Waals surface area (Å²) in [6.07, 6.45) is 7.21. The van der Waals surface area contributed by atoms with Crippen LogP contribution in [0.4, 0.5) is 0 Å². The van der Waals surface area contributed by atoms with Crippen molar-refractivity contribution in [1.82, 2.24) is 0 Å². The van der Waals surface area contributed by atoms with Gasteiger partial charge in [0.1, 0.15) is 0 Å². The number of hydrogen-bond donors (Lipinski definition) is 0. The van der Waals surface area contributed by atoms with Gasteiger partial charge in [-0.15, -0.1) is 0 Å². The highest BCUT2D eigenvalue weighted by molar-refractivity contribution is 5.39. The van der Waals surface area contributed by atoms with Gasteiger partial charge >= 0.3 is 0 Å². The minimum Gasteiger partial charge on any atom is -0.0590 e. The van der Waals surface area contributed by atoms with Crippen LogP contribution in [0.2, 0.25) is 0 Å². The zero-order valence-corrected chi connectivity index (χ0v) is 8.92. The summed E-state index contributed by atoms with van der Waals surface area (Å²) in [5.74, 6) is 1.79. The molecule has 1 aromatic rings. The summed E-state index contributed by atoms with van der Waals surface area (Å²) in [5.41, 5.74) is 4.82. The molecule has 0 aliphatic heterocycles. The fourth-order valence-electron chi connectivity index (χ4n) is 3.34. The van der Waals surface area contributed by atoms with Crippen molar-refractivity contribution in [2.24, 2.45) is 0 Å². The Hall–Kier alpha value is -0.780. The molecule has 2 atom stereocenters. The largest absolute Gasteiger partial charge is 0.0590 e. The van der Waals surface area contributed by atoms with E-state index in [2.05, 4.69) is 25.1 Å². The lowest BCUT2D eigenvalue weighted by Crippen LogP contribution is -2.10. The molecule has 1 aromatic carbocycles. The van der Waals surface area contributed by atoms with Gasteiger partial charge in [-0.1, -0.05) is 30.2 Å². The Balaban J connectivity index is 2.15. The van der Waals surface area contributed by atoms with E-state index in [1.807, 2.05) is 0 Å². The Kier molecular flexibility index (Phi) is 1.90. The predicted molar refractivity (Wildman–Crippen MR) is 59.7 cm³/mol. The van der Waals surface area contributed by atoms with Gasteiger partial charge in [-0.3, -0.25) is 0 Å². The van der Waals surface area contributed by atoms with Crippen LogP contribution in [0.15, 0.2) is 18.2 Å². The Morgan fingerprint density at radius 1 is 0.929 bits per heavy atom. The lowest BCUT2D eigenvalue weighted by Gasteiger charge is -2.27. The highest BCUT2D eigenvalue weighted by Gasteiger charge is 2.29. The van der Waals surface area contributed by atoms with Crippen LogP contribution in [0.1, 0.15) is 60.6 Å². The molecule has 0 heteroatoms. The summed E-state index contributed by atoms with van der Waals surface area (Å²) in [5, 5.41) is 0. The van der Waals surface area contributed by atoms with Crippen LogP contribution >= 0.6 is 0 Å². The highest BCUT2D eigenvalue weighted by atomic mass is 14.3. The molecule has 1 fully saturated rings. The molecule has 14 heavy (non-hydrogen) atoms. The molecule has 4 rings (SSSR count). The van der Waals surface area contributed by atoms with Crippen molar-refractivity contribution in [1.29, 1.82) is 0 Å². The molecule has 0 spiro atoms. The van der Waals surface area contributed by atoms with E-state index in [0.717, 1.165) is 11.8 Å². The third-order valence-corrected chi connectivity index (χ3v) is 4.09. The van der Waals surface area contributed by atoms with Gasteiger partial charge in [-0.25, -0.2) is 0 Å². The molecule has 74 valence electrons. The predicted octanol–water partition coefficient (Wildman–Crippen LogP) is 4.14. The number of hydrogen-bond acceptors (Lipinski definition) is 0. The summed E-state index contributed by atoms with van der Waals surface area (Å²) < 4.78 is 0. The third-order valence-electron chi connectivity index (χ3n) is 4.09. The van der Waals surface area contributed by atoms with E-state index in [1.165, 1.54) is 37.7 Å². The molecular weight excluding hydrogens is 168 g/mol. The second-order valence-corrected chi connectivity index (χ2v) is 5.03. The highest BCUT2D eigenvalue weighted by Crippen LogP contribution is 2.47. The maximum absolute atomic E-state index is 2.44. The van der Waals surface area contributed by atoms with Crippen LogP contribution in [0.5, 0.6) is 0 Å². The van der Waals surface area contributed by atoms with E-state index in [-0.39, 0.29) is 0 Å². The van der Waals surface area contributed by atoms with E-state index >= 15 is 0 Å². The fourth-order valence-corrected chi connectivity index (χ4v) is 3.34. The average Bonchev–Trinajstić information content (AvgIpc) is 2.51. The van der Waals surface area contributed by atoms with Gasteiger partial charge in [0.25, 0.3) is 0 Å². The molecular formula is C14H18. The zero-order chi connectivity index (χ0) is 9.54. The first-order valence-corrected chi connectivity index (χ1v) is 5.95. The Morgan fingerprint density at radius 2 is 1.64 bits per heavy atom. The third kappa shape index (κ3) is 1.20. The lowest BCUT2D eigenvalue weighted by atomic mass is 9.78. The average molecular weight is 186 g/mol. The second kappa shape index (κ2) is 3.12. The molecule has 0 radical (unpaired) electrons. The maximum Gasteiger partial charge on any atom is -0.0159 e. The van der Waals surface area contributed by atoms with Crippen LogP contribution in [-0.2, 0) is 0 Å². The van der Waals surface area contributed by atoms with Gasteiger partial charge < -0.3 is 0 Å². The van der Waals surface area contributed by atoms with Crippen molar-refractivity contribution in [2.45, 2.75) is 50.9 Å². The summed E-state index contributed by atoms with van der Waals surface area (Å²) in [7, 11) is 0. The smallest absolute Gasteiger partial charge is 0.0159 e. The molecule has 2 bridgehead atoms. The number of aryl methyl sites for hydroxylation is 1. The molecule has 1 saturated carbocycles. The minimum atomic E-state index is 0.892. The molecule has 3 aliphatic carbocycles. The number of fused-ring (bicyclic) bond motifs is 3. The lowest BCUT2D eigenvalue weighted by molar-refractivity contribution is 0.527. The number of rotatable bonds is 0. The molecule has 0 amide bonds. The molecule has 0 saturated heterocycles. The van der Waals surface area contributed by atoms with E-state index in [0.29, 0.717) is 0 Å². The summed E-state index contributed by atoms with van der Waals surface area (Å²) in [6.45, 7) is 2.22. The van der Waals surface area contributed by atoms with Gasteiger partial charge in [0, 0.05) is 0 Å². The fraction of sp³-hybridized carbons (Fsp3) is 0.571. The SMILES string of the molecule is Cc1ccc2c(c1)C1CCCC2CC1. The van der Waals surface area contributed by atoms with Crippen molar-refractivity contribution in [3.8, 4) is 0 Å². The zero-order valence-electron chi connectivity index (χ0n) is 8.92. The second-order valence-electron chi connectivity index (χ2n) is 5.03. The van der Waals surface area contributed by atoms with E-state index < -0.39 is 0 Å².